The van der Waals surface area contributed by atoms with Gasteiger partial charge in [0, 0.05) is 0 Å². The Morgan fingerprint density at radius 1 is 1.33 bits per heavy atom. The first-order valence-electron chi connectivity index (χ1n) is 5.06. The number of hydrogen-bond acceptors (Lipinski definition) is 2. The van der Waals surface area contributed by atoms with Crippen molar-refractivity contribution in [2.75, 3.05) is 0 Å². The highest BCUT2D eigenvalue weighted by atomic mass is 16.4. The predicted octanol–water partition coefficient (Wildman–Crippen LogP) is 2.00. The standard InChI is InChI=1S/C12H16O3/c1-3-9-4-6-10(7-5-9)11(13)8(2)12(14)15/h4-8,11,13H,3H2,1-2H3,(H,14,15). The van der Waals surface area contributed by atoms with Crippen LogP contribution in [0.1, 0.15) is 31.1 Å². The van der Waals surface area contributed by atoms with Crippen LogP contribution >= 0.6 is 0 Å². The maximum absolute atomic E-state index is 10.7. The summed E-state index contributed by atoms with van der Waals surface area (Å²) in [5, 5.41) is 18.5. The maximum atomic E-state index is 10.7. The number of carboxylic acids is 1. The molecule has 0 spiro atoms. The minimum Gasteiger partial charge on any atom is -0.481 e. The van der Waals surface area contributed by atoms with E-state index in [-0.39, 0.29) is 0 Å². The number of carbonyl (C=O) groups is 1. The molecule has 0 aromatic heterocycles. The monoisotopic (exact) mass is 208 g/mol. The fraction of sp³-hybridized carbons (Fsp3) is 0.417. The van der Waals surface area contributed by atoms with Crippen molar-refractivity contribution in [3.05, 3.63) is 35.4 Å². The van der Waals surface area contributed by atoms with Gasteiger partial charge in [-0.3, -0.25) is 4.79 Å². The average Bonchev–Trinajstić information content (AvgIpc) is 2.27. The molecule has 0 saturated carbocycles. The Hall–Kier alpha value is -1.35. The zero-order chi connectivity index (χ0) is 11.4. The van der Waals surface area contributed by atoms with Crippen molar-refractivity contribution in [2.45, 2.75) is 26.4 Å². The molecule has 1 aromatic carbocycles. The zero-order valence-corrected chi connectivity index (χ0v) is 8.97. The first kappa shape index (κ1) is 11.7. The van der Waals surface area contributed by atoms with Gasteiger partial charge in [0.2, 0.25) is 0 Å². The molecule has 0 aliphatic carbocycles. The molecule has 3 nitrogen and oxygen atoms in total. The van der Waals surface area contributed by atoms with Gasteiger partial charge >= 0.3 is 5.97 Å². The van der Waals surface area contributed by atoms with Gasteiger partial charge in [0.15, 0.2) is 0 Å². The first-order valence-corrected chi connectivity index (χ1v) is 5.06. The number of benzene rings is 1. The molecule has 0 saturated heterocycles. The second-order valence-corrected chi connectivity index (χ2v) is 3.67. The number of aliphatic hydroxyl groups excluding tert-OH is 1. The van der Waals surface area contributed by atoms with Crippen LogP contribution in [0.15, 0.2) is 24.3 Å². The smallest absolute Gasteiger partial charge is 0.309 e. The predicted molar refractivity (Wildman–Crippen MR) is 57.6 cm³/mol. The highest BCUT2D eigenvalue weighted by molar-refractivity contribution is 5.70. The third-order valence-corrected chi connectivity index (χ3v) is 2.59. The minimum atomic E-state index is -0.984. The SMILES string of the molecule is CCc1ccc(C(O)C(C)C(=O)O)cc1. The topological polar surface area (TPSA) is 57.5 Å². The maximum Gasteiger partial charge on any atom is 0.309 e. The second kappa shape index (κ2) is 4.94. The molecular formula is C12H16O3. The van der Waals surface area contributed by atoms with E-state index in [0.29, 0.717) is 5.56 Å². The Morgan fingerprint density at radius 2 is 1.87 bits per heavy atom. The van der Waals surface area contributed by atoms with E-state index >= 15 is 0 Å². The quantitative estimate of drug-likeness (QED) is 0.795. The summed E-state index contributed by atoms with van der Waals surface area (Å²) in [5.41, 5.74) is 1.83. The molecule has 2 N–H and O–H groups in total. The van der Waals surface area contributed by atoms with Crippen molar-refractivity contribution in [3.8, 4) is 0 Å². The summed E-state index contributed by atoms with van der Waals surface area (Å²) in [6, 6.07) is 7.38. The number of aliphatic carboxylic acids is 1. The average molecular weight is 208 g/mol. The molecular weight excluding hydrogens is 192 g/mol. The van der Waals surface area contributed by atoms with Crippen LogP contribution in [-0.4, -0.2) is 16.2 Å². The van der Waals surface area contributed by atoms with Gasteiger partial charge in [-0.05, 0) is 24.5 Å². The van der Waals surface area contributed by atoms with E-state index in [0.717, 1.165) is 6.42 Å². The van der Waals surface area contributed by atoms with Gasteiger partial charge < -0.3 is 10.2 Å². The third kappa shape index (κ3) is 2.80. The van der Waals surface area contributed by atoms with Crippen LogP contribution < -0.4 is 0 Å². The van der Waals surface area contributed by atoms with Gasteiger partial charge in [0.1, 0.15) is 0 Å². The Kier molecular flexibility index (Phi) is 3.86. The van der Waals surface area contributed by atoms with Crippen LogP contribution in [0.25, 0.3) is 0 Å². The highest BCUT2D eigenvalue weighted by Gasteiger charge is 2.22. The number of hydrogen-bond donors (Lipinski definition) is 2. The van der Waals surface area contributed by atoms with Gasteiger partial charge in [0.05, 0.1) is 12.0 Å². The van der Waals surface area contributed by atoms with Gasteiger partial charge in [-0.15, -0.1) is 0 Å². The Bertz CT molecular complexity index is 329. The van der Waals surface area contributed by atoms with Crippen LogP contribution in [0.5, 0.6) is 0 Å². The summed E-state index contributed by atoms with van der Waals surface area (Å²) >= 11 is 0. The molecule has 2 unspecified atom stereocenters. The summed E-state index contributed by atoms with van der Waals surface area (Å²) in [7, 11) is 0. The van der Waals surface area contributed by atoms with E-state index in [1.54, 1.807) is 12.1 Å². The molecule has 1 rings (SSSR count). The lowest BCUT2D eigenvalue weighted by atomic mass is 9.96. The molecule has 82 valence electrons. The van der Waals surface area contributed by atoms with Crippen LogP contribution in [0.2, 0.25) is 0 Å². The molecule has 2 atom stereocenters. The summed E-state index contributed by atoms with van der Waals surface area (Å²) in [6.07, 6.45) is -0.00128. The van der Waals surface area contributed by atoms with E-state index < -0.39 is 18.0 Å². The first-order chi connectivity index (χ1) is 7.06. The van der Waals surface area contributed by atoms with E-state index in [2.05, 4.69) is 0 Å². The van der Waals surface area contributed by atoms with Crippen LogP contribution in [0.4, 0.5) is 0 Å². The molecule has 0 bridgehead atoms. The van der Waals surface area contributed by atoms with Crippen molar-refractivity contribution >= 4 is 5.97 Å². The molecule has 0 fully saturated rings. The number of rotatable bonds is 4. The Morgan fingerprint density at radius 3 is 2.27 bits per heavy atom. The minimum absolute atomic E-state index is 0.655. The van der Waals surface area contributed by atoms with E-state index in [1.165, 1.54) is 12.5 Å². The van der Waals surface area contributed by atoms with E-state index in [4.69, 9.17) is 5.11 Å². The van der Waals surface area contributed by atoms with Crippen molar-refractivity contribution in [3.63, 3.8) is 0 Å². The van der Waals surface area contributed by atoms with Crippen LogP contribution in [0, 0.1) is 5.92 Å². The van der Waals surface area contributed by atoms with Crippen molar-refractivity contribution < 1.29 is 15.0 Å². The summed E-state index contributed by atoms with van der Waals surface area (Å²) in [4.78, 5) is 10.7. The molecule has 0 aliphatic heterocycles. The van der Waals surface area contributed by atoms with Gasteiger partial charge in [-0.1, -0.05) is 31.2 Å². The molecule has 1 aromatic rings. The fourth-order valence-electron chi connectivity index (χ4n) is 1.37. The van der Waals surface area contributed by atoms with Crippen molar-refractivity contribution in [1.82, 2.24) is 0 Å². The summed E-state index contributed by atoms with van der Waals surface area (Å²) < 4.78 is 0. The van der Waals surface area contributed by atoms with E-state index in [9.17, 15) is 9.90 Å². The second-order valence-electron chi connectivity index (χ2n) is 3.67. The van der Waals surface area contributed by atoms with Crippen molar-refractivity contribution in [1.29, 1.82) is 0 Å². The largest absolute Gasteiger partial charge is 0.481 e. The fourth-order valence-corrected chi connectivity index (χ4v) is 1.37. The number of aliphatic hydroxyl groups is 1. The Labute approximate surface area is 89.4 Å². The highest BCUT2D eigenvalue weighted by Crippen LogP contribution is 2.22. The summed E-state index contributed by atoms with van der Waals surface area (Å²) in [5.74, 6) is -1.76. The Balaban J connectivity index is 2.82. The zero-order valence-electron chi connectivity index (χ0n) is 8.97. The molecule has 0 radical (unpaired) electrons. The third-order valence-electron chi connectivity index (χ3n) is 2.59. The van der Waals surface area contributed by atoms with Crippen LogP contribution in [0.3, 0.4) is 0 Å². The normalized spacial score (nSPS) is 14.6. The van der Waals surface area contributed by atoms with E-state index in [1.807, 2.05) is 19.1 Å². The van der Waals surface area contributed by atoms with Crippen molar-refractivity contribution in [2.24, 2.45) is 5.92 Å². The molecule has 3 heteroatoms. The molecule has 0 aliphatic rings. The molecule has 0 heterocycles. The molecule has 0 amide bonds. The lowest BCUT2D eigenvalue weighted by Gasteiger charge is -2.15. The van der Waals surface area contributed by atoms with Gasteiger partial charge in [-0.2, -0.15) is 0 Å². The summed E-state index contributed by atoms with van der Waals surface area (Å²) in [6.45, 7) is 3.55. The van der Waals surface area contributed by atoms with Crippen LogP contribution in [-0.2, 0) is 11.2 Å². The molecule has 15 heavy (non-hydrogen) atoms. The van der Waals surface area contributed by atoms with Gasteiger partial charge in [-0.25, -0.2) is 0 Å². The lowest BCUT2D eigenvalue weighted by Crippen LogP contribution is -2.18. The number of aryl methyl sites for hydroxylation is 1. The number of carboxylic acid groups (broad SMARTS) is 1. The van der Waals surface area contributed by atoms with Gasteiger partial charge in [0.25, 0.3) is 0 Å². The lowest BCUT2D eigenvalue weighted by molar-refractivity contribution is -0.145.